The van der Waals surface area contributed by atoms with Crippen molar-refractivity contribution in [3.8, 4) is 11.4 Å². The van der Waals surface area contributed by atoms with Crippen molar-refractivity contribution >= 4 is 17.6 Å². The van der Waals surface area contributed by atoms with Crippen molar-refractivity contribution in [2.45, 2.75) is 5.88 Å². The van der Waals surface area contributed by atoms with Crippen LogP contribution in [0.15, 0.2) is 28.8 Å². The maximum atomic E-state index is 10.8. The van der Waals surface area contributed by atoms with Crippen LogP contribution in [-0.4, -0.2) is 21.2 Å². The topological polar surface area (TPSA) is 76.2 Å². The number of halogens is 1. The van der Waals surface area contributed by atoms with Crippen molar-refractivity contribution in [1.29, 1.82) is 0 Å². The van der Waals surface area contributed by atoms with Gasteiger partial charge in [0.05, 0.1) is 5.56 Å². The van der Waals surface area contributed by atoms with Crippen LogP contribution in [0.1, 0.15) is 16.2 Å². The Labute approximate surface area is 95.7 Å². The van der Waals surface area contributed by atoms with E-state index in [2.05, 4.69) is 10.1 Å². The van der Waals surface area contributed by atoms with Crippen LogP contribution in [0.25, 0.3) is 11.4 Å². The molecular weight excluding hydrogens is 232 g/mol. The molecule has 0 aliphatic rings. The summed E-state index contributed by atoms with van der Waals surface area (Å²) in [6, 6.07) is 6.30. The van der Waals surface area contributed by atoms with Crippen LogP contribution in [0.2, 0.25) is 0 Å². The number of hydrogen-bond acceptors (Lipinski definition) is 4. The van der Waals surface area contributed by atoms with Crippen LogP contribution in [0.4, 0.5) is 0 Å². The summed E-state index contributed by atoms with van der Waals surface area (Å²) in [6.45, 7) is 0. The van der Waals surface area contributed by atoms with Crippen LogP contribution in [-0.2, 0) is 5.88 Å². The van der Waals surface area contributed by atoms with Gasteiger partial charge in [0.1, 0.15) is 5.88 Å². The van der Waals surface area contributed by atoms with Gasteiger partial charge in [-0.1, -0.05) is 17.3 Å². The van der Waals surface area contributed by atoms with Crippen LogP contribution in [0, 0.1) is 0 Å². The molecule has 1 heterocycles. The Morgan fingerprint density at radius 2 is 2.31 bits per heavy atom. The fourth-order valence-corrected chi connectivity index (χ4v) is 1.33. The van der Waals surface area contributed by atoms with E-state index in [1.807, 2.05) is 0 Å². The van der Waals surface area contributed by atoms with E-state index >= 15 is 0 Å². The zero-order valence-corrected chi connectivity index (χ0v) is 8.81. The Bertz CT molecular complexity index is 524. The highest BCUT2D eigenvalue weighted by molar-refractivity contribution is 6.16. The highest BCUT2D eigenvalue weighted by Crippen LogP contribution is 2.17. The molecule has 6 heteroatoms. The molecule has 16 heavy (non-hydrogen) atoms. The number of rotatable bonds is 3. The zero-order valence-electron chi connectivity index (χ0n) is 8.05. The first kappa shape index (κ1) is 10.6. The molecule has 0 amide bonds. The maximum Gasteiger partial charge on any atom is 0.335 e. The van der Waals surface area contributed by atoms with Crippen molar-refractivity contribution in [2.24, 2.45) is 0 Å². The van der Waals surface area contributed by atoms with Crippen molar-refractivity contribution in [2.75, 3.05) is 0 Å². The molecule has 0 spiro atoms. The van der Waals surface area contributed by atoms with Gasteiger partial charge >= 0.3 is 5.97 Å². The number of carboxylic acid groups (broad SMARTS) is 1. The number of alkyl halides is 1. The SMILES string of the molecule is O=C(O)c1cccc(-c2noc(CCl)n2)c1. The molecule has 0 aliphatic carbocycles. The second-order valence-electron chi connectivity index (χ2n) is 3.03. The van der Waals surface area contributed by atoms with Gasteiger partial charge in [0.2, 0.25) is 11.7 Å². The number of hydrogen-bond donors (Lipinski definition) is 1. The van der Waals surface area contributed by atoms with Crippen molar-refractivity contribution in [3.05, 3.63) is 35.7 Å². The summed E-state index contributed by atoms with van der Waals surface area (Å²) in [4.78, 5) is 14.8. The first-order chi connectivity index (χ1) is 7.70. The number of carboxylic acids is 1. The number of nitrogens with zero attached hydrogens (tertiary/aromatic N) is 2. The largest absolute Gasteiger partial charge is 0.478 e. The van der Waals surface area contributed by atoms with E-state index in [1.165, 1.54) is 12.1 Å². The molecule has 2 rings (SSSR count). The van der Waals surface area contributed by atoms with Crippen LogP contribution in [0.5, 0.6) is 0 Å². The minimum Gasteiger partial charge on any atom is -0.478 e. The molecule has 0 bridgehead atoms. The fraction of sp³-hybridized carbons (Fsp3) is 0.100. The van der Waals surface area contributed by atoms with Gasteiger partial charge < -0.3 is 9.63 Å². The van der Waals surface area contributed by atoms with E-state index in [1.54, 1.807) is 12.1 Å². The summed E-state index contributed by atoms with van der Waals surface area (Å²) in [5, 5.41) is 12.5. The smallest absolute Gasteiger partial charge is 0.335 e. The standard InChI is InChI=1S/C10H7ClN2O3/c11-5-8-12-9(13-16-8)6-2-1-3-7(4-6)10(14)15/h1-4H,5H2,(H,14,15). The summed E-state index contributed by atoms with van der Waals surface area (Å²) in [7, 11) is 0. The van der Waals surface area contributed by atoms with E-state index in [0.717, 1.165) is 0 Å². The molecule has 1 aromatic heterocycles. The minimum atomic E-state index is -0.997. The molecule has 82 valence electrons. The van der Waals surface area contributed by atoms with Crippen molar-refractivity contribution < 1.29 is 14.4 Å². The Hall–Kier alpha value is -1.88. The lowest BCUT2D eigenvalue weighted by molar-refractivity contribution is 0.0697. The predicted octanol–water partition coefficient (Wildman–Crippen LogP) is 2.17. The summed E-state index contributed by atoms with van der Waals surface area (Å²) < 4.78 is 4.83. The fourth-order valence-electron chi connectivity index (χ4n) is 1.22. The van der Waals surface area contributed by atoms with E-state index in [9.17, 15) is 4.79 Å². The third-order valence-electron chi connectivity index (χ3n) is 1.95. The van der Waals surface area contributed by atoms with Crippen LogP contribution in [0.3, 0.4) is 0 Å². The average Bonchev–Trinajstić information content (AvgIpc) is 2.77. The Kier molecular flexibility index (Phi) is 2.87. The average molecular weight is 239 g/mol. The quantitative estimate of drug-likeness (QED) is 0.830. The second kappa shape index (κ2) is 4.32. The molecule has 0 unspecified atom stereocenters. The lowest BCUT2D eigenvalue weighted by Crippen LogP contribution is -1.96. The number of aromatic nitrogens is 2. The monoisotopic (exact) mass is 238 g/mol. The minimum absolute atomic E-state index is 0.131. The Morgan fingerprint density at radius 1 is 1.50 bits per heavy atom. The van der Waals surface area contributed by atoms with Gasteiger partial charge in [-0.05, 0) is 12.1 Å². The number of carbonyl (C=O) groups is 1. The molecule has 0 radical (unpaired) electrons. The highest BCUT2D eigenvalue weighted by Gasteiger charge is 2.10. The van der Waals surface area contributed by atoms with Crippen molar-refractivity contribution in [3.63, 3.8) is 0 Å². The first-order valence-electron chi connectivity index (χ1n) is 4.43. The van der Waals surface area contributed by atoms with E-state index in [-0.39, 0.29) is 11.4 Å². The Morgan fingerprint density at radius 3 is 2.94 bits per heavy atom. The number of benzene rings is 1. The molecule has 1 aromatic carbocycles. The van der Waals surface area contributed by atoms with Gasteiger partial charge in [-0.2, -0.15) is 4.98 Å². The molecule has 0 atom stereocenters. The molecule has 0 saturated heterocycles. The molecule has 0 saturated carbocycles. The lowest BCUT2D eigenvalue weighted by atomic mass is 10.1. The molecular formula is C10H7ClN2O3. The van der Waals surface area contributed by atoms with Gasteiger partial charge in [0.25, 0.3) is 0 Å². The first-order valence-corrected chi connectivity index (χ1v) is 4.96. The summed E-state index contributed by atoms with van der Waals surface area (Å²) in [5.41, 5.74) is 0.759. The molecule has 1 N–H and O–H groups in total. The summed E-state index contributed by atoms with van der Waals surface area (Å²) in [6.07, 6.45) is 0. The van der Waals surface area contributed by atoms with Crippen molar-refractivity contribution in [1.82, 2.24) is 10.1 Å². The highest BCUT2D eigenvalue weighted by atomic mass is 35.5. The second-order valence-corrected chi connectivity index (χ2v) is 3.30. The van der Waals surface area contributed by atoms with E-state index in [4.69, 9.17) is 21.2 Å². The normalized spacial score (nSPS) is 10.3. The molecule has 5 nitrogen and oxygen atoms in total. The van der Waals surface area contributed by atoms with Crippen LogP contribution < -0.4 is 0 Å². The van der Waals surface area contributed by atoms with E-state index in [0.29, 0.717) is 17.3 Å². The van der Waals surface area contributed by atoms with Gasteiger partial charge in [-0.3, -0.25) is 0 Å². The predicted molar refractivity (Wildman–Crippen MR) is 56.3 cm³/mol. The Balaban J connectivity index is 2.40. The lowest BCUT2D eigenvalue weighted by Gasteiger charge is -1.96. The zero-order chi connectivity index (χ0) is 11.5. The molecule has 0 aliphatic heterocycles. The van der Waals surface area contributed by atoms with Gasteiger partial charge in [0.15, 0.2) is 0 Å². The third kappa shape index (κ3) is 2.04. The maximum absolute atomic E-state index is 10.8. The van der Waals surface area contributed by atoms with Crippen LogP contribution >= 0.6 is 11.6 Å². The van der Waals surface area contributed by atoms with Gasteiger partial charge in [-0.15, -0.1) is 11.6 Å². The van der Waals surface area contributed by atoms with Gasteiger partial charge in [-0.25, -0.2) is 4.79 Å². The third-order valence-corrected chi connectivity index (χ3v) is 2.18. The van der Waals surface area contributed by atoms with E-state index < -0.39 is 5.97 Å². The summed E-state index contributed by atoms with van der Waals surface area (Å²) in [5.74, 6) is -0.231. The van der Waals surface area contributed by atoms with Gasteiger partial charge in [0, 0.05) is 5.56 Å². The molecule has 0 fully saturated rings. The molecule has 2 aromatic rings. The summed E-state index contributed by atoms with van der Waals surface area (Å²) >= 11 is 5.52. The number of aromatic carboxylic acids is 1.